The molecule has 1 saturated carbocycles. The SMILES string of the molecule is CCCC[C@H](NC(=O)[C@H](Cc1ccccc1)OC(C)=O)[C@H](O)C(=O)N[C@H]1CCCC[C@@H]1O. The third-order valence-corrected chi connectivity index (χ3v) is 5.77. The Labute approximate surface area is 189 Å². The first-order valence-electron chi connectivity index (χ1n) is 11.5. The number of carbonyl (C=O) groups is 3. The number of aliphatic hydroxyl groups is 2. The highest BCUT2D eigenvalue weighted by Crippen LogP contribution is 2.19. The van der Waals surface area contributed by atoms with E-state index >= 15 is 0 Å². The molecule has 0 aliphatic heterocycles. The lowest BCUT2D eigenvalue weighted by Crippen LogP contribution is -2.56. The van der Waals surface area contributed by atoms with E-state index in [-0.39, 0.29) is 6.42 Å². The highest BCUT2D eigenvalue weighted by atomic mass is 16.5. The fourth-order valence-corrected chi connectivity index (χ4v) is 3.96. The van der Waals surface area contributed by atoms with Crippen molar-refractivity contribution in [1.29, 1.82) is 0 Å². The molecule has 8 nitrogen and oxygen atoms in total. The molecule has 0 spiro atoms. The van der Waals surface area contributed by atoms with Crippen LogP contribution in [0.2, 0.25) is 0 Å². The second-order valence-electron chi connectivity index (χ2n) is 8.46. The predicted octanol–water partition coefficient (Wildman–Crippen LogP) is 1.62. The molecule has 0 aromatic heterocycles. The molecule has 178 valence electrons. The Morgan fingerprint density at radius 2 is 1.81 bits per heavy atom. The van der Waals surface area contributed by atoms with Crippen molar-refractivity contribution in [2.75, 3.05) is 0 Å². The molecule has 8 heteroatoms. The number of esters is 1. The molecule has 1 aromatic carbocycles. The standard InChI is InChI=1S/C24H36N2O6/c1-3-4-12-19(22(29)24(31)25-18-13-8-9-14-20(18)28)26-23(30)21(32-16(2)27)15-17-10-6-5-7-11-17/h5-7,10-11,18-22,28-29H,3-4,8-9,12-15H2,1-2H3,(H,25,31)(H,26,30)/t18-,19-,20-,21-,22-/m0/s1. The first-order valence-corrected chi connectivity index (χ1v) is 11.5. The lowest BCUT2D eigenvalue weighted by atomic mass is 9.92. The molecule has 0 heterocycles. The van der Waals surface area contributed by atoms with Crippen LogP contribution in [-0.4, -0.2) is 58.4 Å². The maximum atomic E-state index is 13.0. The number of unbranched alkanes of at least 4 members (excludes halogenated alkanes) is 1. The zero-order valence-electron chi connectivity index (χ0n) is 19.0. The maximum Gasteiger partial charge on any atom is 0.303 e. The average Bonchev–Trinajstić information content (AvgIpc) is 2.77. The van der Waals surface area contributed by atoms with Crippen molar-refractivity contribution >= 4 is 17.8 Å². The normalized spacial score (nSPS) is 21.1. The van der Waals surface area contributed by atoms with E-state index in [9.17, 15) is 24.6 Å². The lowest BCUT2D eigenvalue weighted by molar-refractivity contribution is -0.154. The van der Waals surface area contributed by atoms with E-state index in [1.54, 1.807) is 0 Å². The summed E-state index contributed by atoms with van der Waals surface area (Å²) >= 11 is 0. The summed E-state index contributed by atoms with van der Waals surface area (Å²) < 4.78 is 5.23. The molecular formula is C24H36N2O6. The molecule has 0 unspecified atom stereocenters. The second-order valence-corrected chi connectivity index (χ2v) is 8.46. The number of ether oxygens (including phenoxy) is 1. The average molecular weight is 449 g/mol. The van der Waals surface area contributed by atoms with Gasteiger partial charge in [-0.25, -0.2) is 0 Å². The summed E-state index contributed by atoms with van der Waals surface area (Å²) in [6.45, 7) is 3.21. The van der Waals surface area contributed by atoms with Crippen molar-refractivity contribution < 1.29 is 29.3 Å². The summed E-state index contributed by atoms with van der Waals surface area (Å²) in [5.74, 6) is -1.77. The monoisotopic (exact) mass is 448 g/mol. The molecular weight excluding hydrogens is 412 g/mol. The van der Waals surface area contributed by atoms with Crippen LogP contribution in [0.15, 0.2) is 30.3 Å². The quantitative estimate of drug-likeness (QED) is 0.381. The van der Waals surface area contributed by atoms with Gasteiger partial charge in [-0.3, -0.25) is 14.4 Å². The van der Waals surface area contributed by atoms with Gasteiger partial charge >= 0.3 is 5.97 Å². The first kappa shape index (κ1) is 25.8. The summed E-state index contributed by atoms with van der Waals surface area (Å²) in [4.78, 5) is 37.2. The molecule has 1 aliphatic rings. The summed E-state index contributed by atoms with van der Waals surface area (Å²) in [5, 5.41) is 26.3. The van der Waals surface area contributed by atoms with Gasteiger partial charge in [0.1, 0.15) is 0 Å². The van der Waals surface area contributed by atoms with E-state index in [4.69, 9.17) is 4.74 Å². The zero-order valence-corrected chi connectivity index (χ0v) is 19.0. The third kappa shape index (κ3) is 8.24. The van der Waals surface area contributed by atoms with Crippen molar-refractivity contribution in [3.63, 3.8) is 0 Å². The van der Waals surface area contributed by atoms with Crippen LogP contribution in [0.1, 0.15) is 64.4 Å². The van der Waals surface area contributed by atoms with Gasteiger partial charge in [-0.2, -0.15) is 0 Å². The van der Waals surface area contributed by atoms with Crippen molar-refractivity contribution in [3.8, 4) is 0 Å². The van der Waals surface area contributed by atoms with Gasteiger partial charge in [-0.05, 0) is 24.8 Å². The minimum absolute atomic E-state index is 0.184. The minimum Gasteiger partial charge on any atom is -0.452 e. The van der Waals surface area contributed by atoms with Gasteiger partial charge < -0.3 is 25.6 Å². The lowest BCUT2D eigenvalue weighted by Gasteiger charge is -2.31. The van der Waals surface area contributed by atoms with Gasteiger partial charge in [0.2, 0.25) is 0 Å². The fourth-order valence-electron chi connectivity index (χ4n) is 3.96. The Morgan fingerprint density at radius 1 is 1.12 bits per heavy atom. The van der Waals surface area contributed by atoms with E-state index in [0.717, 1.165) is 24.8 Å². The number of benzene rings is 1. The van der Waals surface area contributed by atoms with Gasteiger partial charge in [-0.1, -0.05) is 62.9 Å². The van der Waals surface area contributed by atoms with Gasteiger partial charge in [0.15, 0.2) is 12.2 Å². The van der Waals surface area contributed by atoms with E-state index in [2.05, 4.69) is 10.6 Å². The summed E-state index contributed by atoms with van der Waals surface area (Å²) in [6, 6.07) is 7.93. The van der Waals surface area contributed by atoms with Crippen LogP contribution in [0, 0.1) is 0 Å². The fraction of sp³-hybridized carbons (Fsp3) is 0.625. The maximum absolute atomic E-state index is 13.0. The summed E-state index contributed by atoms with van der Waals surface area (Å²) in [5.41, 5.74) is 0.823. The Morgan fingerprint density at radius 3 is 2.44 bits per heavy atom. The number of aliphatic hydroxyl groups excluding tert-OH is 2. The van der Waals surface area contributed by atoms with E-state index in [0.29, 0.717) is 25.7 Å². The minimum atomic E-state index is -1.48. The number of hydrogen-bond acceptors (Lipinski definition) is 6. The molecule has 1 aromatic rings. The van der Waals surface area contributed by atoms with E-state index in [1.807, 2.05) is 37.3 Å². The molecule has 32 heavy (non-hydrogen) atoms. The van der Waals surface area contributed by atoms with Crippen LogP contribution in [0.4, 0.5) is 0 Å². The van der Waals surface area contributed by atoms with Crippen LogP contribution < -0.4 is 10.6 Å². The molecule has 1 fully saturated rings. The van der Waals surface area contributed by atoms with Gasteiger partial charge in [0, 0.05) is 13.3 Å². The predicted molar refractivity (Wildman–Crippen MR) is 120 cm³/mol. The number of rotatable bonds is 11. The molecule has 1 aliphatic carbocycles. The highest BCUT2D eigenvalue weighted by Gasteiger charge is 2.33. The summed E-state index contributed by atoms with van der Waals surface area (Å²) in [6.07, 6.45) is 1.97. The van der Waals surface area contributed by atoms with Crippen LogP contribution in [0.25, 0.3) is 0 Å². The van der Waals surface area contributed by atoms with Crippen LogP contribution in [0.3, 0.4) is 0 Å². The largest absolute Gasteiger partial charge is 0.452 e. The van der Waals surface area contributed by atoms with Crippen molar-refractivity contribution in [2.45, 2.75) is 95.6 Å². The van der Waals surface area contributed by atoms with Crippen molar-refractivity contribution in [2.24, 2.45) is 0 Å². The molecule has 0 bridgehead atoms. The molecule has 0 saturated heterocycles. The number of amides is 2. The molecule has 2 rings (SSSR count). The molecule has 0 radical (unpaired) electrons. The van der Waals surface area contributed by atoms with Crippen LogP contribution in [-0.2, 0) is 25.5 Å². The van der Waals surface area contributed by atoms with Crippen LogP contribution in [0.5, 0.6) is 0 Å². The van der Waals surface area contributed by atoms with Crippen molar-refractivity contribution in [1.82, 2.24) is 10.6 Å². The van der Waals surface area contributed by atoms with Gasteiger partial charge in [0.05, 0.1) is 18.2 Å². The number of hydrogen-bond donors (Lipinski definition) is 4. The Bertz CT molecular complexity index is 741. The van der Waals surface area contributed by atoms with Crippen molar-refractivity contribution in [3.05, 3.63) is 35.9 Å². The van der Waals surface area contributed by atoms with E-state index in [1.165, 1.54) is 6.92 Å². The highest BCUT2D eigenvalue weighted by molar-refractivity contribution is 5.86. The molecule has 4 N–H and O–H groups in total. The zero-order chi connectivity index (χ0) is 23.5. The third-order valence-electron chi connectivity index (χ3n) is 5.77. The molecule has 2 amide bonds. The Kier molecular flexibility index (Phi) is 10.6. The van der Waals surface area contributed by atoms with E-state index < -0.39 is 48.2 Å². The smallest absolute Gasteiger partial charge is 0.303 e. The molecule has 5 atom stereocenters. The number of carbonyl (C=O) groups excluding carboxylic acids is 3. The first-order chi connectivity index (χ1) is 15.3. The number of nitrogens with one attached hydrogen (secondary N) is 2. The van der Waals surface area contributed by atoms with Gasteiger partial charge in [-0.15, -0.1) is 0 Å². The van der Waals surface area contributed by atoms with Gasteiger partial charge in [0.25, 0.3) is 11.8 Å². The Hall–Kier alpha value is -2.45. The summed E-state index contributed by atoms with van der Waals surface area (Å²) in [7, 11) is 0. The Balaban J connectivity index is 2.07. The second kappa shape index (κ2) is 13.2. The van der Waals surface area contributed by atoms with Crippen LogP contribution >= 0.6 is 0 Å². The topological polar surface area (TPSA) is 125 Å².